The summed E-state index contributed by atoms with van der Waals surface area (Å²) in [5.74, 6) is -0.980. The molecule has 0 radical (unpaired) electrons. The van der Waals surface area contributed by atoms with Crippen molar-refractivity contribution in [3.63, 3.8) is 0 Å². The lowest BCUT2D eigenvalue weighted by molar-refractivity contribution is 0.0696. The summed E-state index contributed by atoms with van der Waals surface area (Å²) in [5, 5.41) is 9.94. The summed E-state index contributed by atoms with van der Waals surface area (Å²) in [7, 11) is 0. The second-order valence-corrected chi connectivity index (χ2v) is 5.91. The first-order chi connectivity index (χ1) is 9.99. The van der Waals surface area contributed by atoms with Crippen LogP contribution in [0.15, 0.2) is 41.2 Å². The van der Waals surface area contributed by atoms with E-state index in [-0.39, 0.29) is 11.1 Å². The average Bonchev–Trinajstić information content (AvgIpc) is 2.79. The number of benzene rings is 2. The molecular formula is C16H13NO3S. The Labute approximate surface area is 125 Å². The van der Waals surface area contributed by atoms with Gasteiger partial charge < -0.3 is 5.11 Å². The maximum Gasteiger partial charge on any atom is 0.336 e. The molecule has 0 spiro atoms. The molecule has 0 aliphatic carbocycles. The Morgan fingerprint density at radius 3 is 2.57 bits per heavy atom. The molecule has 0 saturated heterocycles. The summed E-state index contributed by atoms with van der Waals surface area (Å²) in [5.41, 5.74) is 2.29. The lowest BCUT2D eigenvalue weighted by Crippen LogP contribution is -2.12. The Balaban J connectivity index is 2.31. The fraction of sp³-hybridized carbons (Fsp3) is 0.125. The van der Waals surface area contributed by atoms with Crippen LogP contribution in [0.5, 0.6) is 0 Å². The standard InChI is InChI=1S/C16H13NO3S/c1-9-7-11(8-13(10(9)2)16(19)20)17-15(18)12-5-3-4-6-14(12)21-17/h3-8H,1-2H3,(H,19,20). The summed E-state index contributed by atoms with van der Waals surface area (Å²) >= 11 is 1.32. The van der Waals surface area contributed by atoms with Crippen molar-refractivity contribution in [3.05, 3.63) is 63.4 Å². The van der Waals surface area contributed by atoms with Gasteiger partial charge in [0, 0.05) is 0 Å². The monoisotopic (exact) mass is 299 g/mol. The summed E-state index contributed by atoms with van der Waals surface area (Å²) in [6, 6.07) is 10.8. The molecular weight excluding hydrogens is 286 g/mol. The molecule has 1 heterocycles. The SMILES string of the molecule is Cc1cc(-n2sc3ccccc3c2=O)cc(C(=O)O)c1C. The molecule has 0 aliphatic heterocycles. The number of fused-ring (bicyclic) bond motifs is 1. The number of hydrogen-bond donors (Lipinski definition) is 1. The van der Waals surface area contributed by atoms with E-state index in [0.717, 1.165) is 15.8 Å². The minimum absolute atomic E-state index is 0.116. The Hall–Kier alpha value is -2.40. The number of carboxylic acid groups (broad SMARTS) is 1. The van der Waals surface area contributed by atoms with Crippen molar-refractivity contribution < 1.29 is 9.90 Å². The van der Waals surface area contributed by atoms with Gasteiger partial charge in [0.25, 0.3) is 5.56 Å². The van der Waals surface area contributed by atoms with Gasteiger partial charge in [-0.05, 0) is 49.2 Å². The van der Waals surface area contributed by atoms with E-state index in [1.54, 1.807) is 23.0 Å². The molecule has 2 aromatic carbocycles. The van der Waals surface area contributed by atoms with Crippen LogP contribution < -0.4 is 5.56 Å². The minimum Gasteiger partial charge on any atom is -0.478 e. The molecule has 0 fully saturated rings. The fourth-order valence-electron chi connectivity index (χ4n) is 2.32. The van der Waals surface area contributed by atoms with E-state index in [0.29, 0.717) is 11.1 Å². The van der Waals surface area contributed by atoms with Crippen LogP contribution in [-0.4, -0.2) is 15.0 Å². The lowest BCUT2D eigenvalue weighted by Gasteiger charge is -2.08. The molecule has 0 saturated carbocycles. The van der Waals surface area contributed by atoms with Crippen LogP contribution in [0.3, 0.4) is 0 Å². The van der Waals surface area contributed by atoms with E-state index in [4.69, 9.17) is 0 Å². The number of rotatable bonds is 2. The zero-order valence-corrected chi connectivity index (χ0v) is 12.4. The Bertz CT molecular complexity index is 921. The molecule has 3 aromatic rings. The van der Waals surface area contributed by atoms with E-state index >= 15 is 0 Å². The van der Waals surface area contributed by atoms with E-state index in [2.05, 4.69) is 0 Å². The Kier molecular flexibility index (Phi) is 3.14. The maximum atomic E-state index is 12.4. The molecule has 0 aliphatic rings. The third kappa shape index (κ3) is 2.15. The number of aromatic carboxylic acids is 1. The quantitative estimate of drug-likeness (QED) is 0.789. The molecule has 3 rings (SSSR count). The van der Waals surface area contributed by atoms with Crippen molar-refractivity contribution in [1.82, 2.24) is 3.96 Å². The van der Waals surface area contributed by atoms with Gasteiger partial charge in [-0.25, -0.2) is 8.75 Å². The van der Waals surface area contributed by atoms with Gasteiger partial charge in [0.15, 0.2) is 0 Å². The number of carbonyl (C=O) groups is 1. The van der Waals surface area contributed by atoms with Crippen molar-refractivity contribution >= 4 is 27.6 Å². The Morgan fingerprint density at radius 2 is 1.90 bits per heavy atom. The largest absolute Gasteiger partial charge is 0.478 e. The third-order valence-corrected chi connectivity index (χ3v) is 4.72. The lowest BCUT2D eigenvalue weighted by atomic mass is 10.0. The van der Waals surface area contributed by atoms with E-state index < -0.39 is 5.97 Å². The van der Waals surface area contributed by atoms with Crippen LogP contribution in [-0.2, 0) is 0 Å². The number of carboxylic acids is 1. The average molecular weight is 299 g/mol. The van der Waals surface area contributed by atoms with Crippen molar-refractivity contribution in [3.8, 4) is 5.69 Å². The summed E-state index contributed by atoms with van der Waals surface area (Å²) in [6.07, 6.45) is 0. The van der Waals surface area contributed by atoms with Gasteiger partial charge in [0.05, 0.1) is 21.3 Å². The second-order valence-electron chi connectivity index (χ2n) is 4.93. The van der Waals surface area contributed by atoms with Crippen molar-refractivity contribution in [2.45, 2.75) is 13.8 Å². The predicted octanol–water partition coefficient (Wildman–Crippen LogP) is 3.37. The number of aromatic nitrogens is 1. The highest BCUT2D eigenvalue weighted by molar-refractivity contribution is 7.14. The van der Waals surface area contributed by atoms with E-state index in [1.165, 1.54) is 11.5 Å². The number of aryl methyl sites for hydroxylation is 1. The van der Waals surface area contributed by atoms with Crippen LogP contribution in [0.4, 0.5) is 0 Å². The molecule has 5 heteroatoms. The highest BCUT2D eigenvalue weighted by atomic mass is 32.1. The molecule has 1 N–H and O–H groups in total. The summed E-state index contributed by atoms with van der Waals surface area (Å²) in [4.78, 5) is 23.8. The highest BCUT2D eigenvalue weighted by Crippen LogP contribution is 2.23. The number of nitrogens with zero attached hydrogens (tertiary/aromatic N) is 1. The zero-order chi connectivity index (χ0) is 15.1. The van der Waals surface area contributed by atoms with Gasteiger partial charge in [-0.1, -0.05) is 23.7 Å². The van der Waals surface area contributed by atoms with Gasteiger partial charge in [0.1, 0.15) is 0 Å². The van der Waals surface area contributed by atoms with Crippen LogP contribution in [0, 0.1) is 13.8 Å². The van der Waals surface area contributed by atoms with Gasteiger partial charge in [-0.15, -0.1) is 0 Å². The van der Waals surface area contributed by atoms with Crippen LogP contribution in [0.2, 0.25) is 0 Å². The van der Waals surface area contributed by atoms with Crippen LogP contribution >= 0.6 is 11.5 Å². The Morgan fingerprint density at radius 1 is 1.19 bits per heavy atom. The van der Waals surface area contributed by atoms with Crippen molar-refractivity contribution in [2.24, 2.45) is 0 Å². The molecule has 4 nitrogen and oxygen atoms in total. The third-order valence-electron chi connectivity index (χ3n) is 3.61. The van der Waals surface area contributed by atoms with Crippen LogP contribution in [0.25, 0.3) is 15.8 Å². The predicted molar refractivity (Wildman–Crippen MR) is 83.9 cm³/mol. The molecule has 0 bridgehead atoms. The first-order valence-electron chi connectivity index (χ1n) is 6.45. The summed E-state index contributed by atoms with van der Waals surface area (Å²) < 4.78 is 2.43. The van der Waals surface area contributed by atoms with Crippen molar-refractivity contribution in [2.75, 3.05) is 0 Å². The summed E-state index contributed by atoms with van der Waals surface area (Å²) in [6.45, 7) is 3.62. The smallest absolute Gasteiger partial charge is 0.336 e. The van der Waals surface area contributed by atoms with Gasteiger partial charge in [0.2, 0.25) is 0 Å². The van der Waals surface area contributed by atoms with E-state index in [1.807, 2.05) is 31.2 Å². The molecule has 21 heavy (non-hydrogen) atoms. The molecule has 106 valence electrons. The van der Waals surface area contributed by atoms with Crippen molar-refractivity contribution in [1.29, 1.82) is 0 Å². The zero-order valence-electron chi connectivity index (χ0n) is 11.6. The first kappa shape index (κ1) is 13.6. The van der Waals surface area contributed by atoms with Gasteiger partial charge >= 0.3 is 5.97 Å². The maximum absolute atomic E-state index is 12.4. The molecule has 0 amide bonds. The topological polar surface area (TPSA) is 59.3 Å². The minimum atomic E-state index is -0.980. The molecule has 0 atom stereocenters. The van der Waals surface area contributed by atoms with E-state index in [9.17, 15) is 14.7 Å². The number of hydrogen-bond acceptors (Lipinski definition) is 3. The normalized spacial score (nSPS) is 11.0. The van der Waals surface area contributed by atoms with Gasteiger partial charge in [-0.3, -0.25) is 4.79 Å². The highest BCUT2D eigenvalue weighted by Gasteiger charge is 2.14. The first-order valence-corrected chi connectivity index (χ1v) is 7.22. The molecule has 1 aromatic heterocycles. The van der Waals surface area contributed by atoms with Crippen LogP contribution in [0.1, 0.15) is 21.5 Å². The fourth-order valence-corrected chi connectivity index (χ4v) is 3.30. The second kappa shape index (κ2) is 4.86. The van der Waals surface area contributed by atoms with Gasteiger partial charge in [-0.2, -0.15) is 0 Å². The molecule has 0 unspecified atom stereocenters.